The van der Waals surface area contributed by atoms with Crippen LogP contribution in [0, 0.1) is 13.8 Å². The van der Waals surface area contributed by atoms with Gasteiger partial charge in [0.25, 0.3) is 0 Å². The molecule has 25 heavy (non-hydrogen) atoms. The van der Waals surface area contributed by atoms with E-state index in [-0.39, 0.29) is 25.1 Å². The Morgan fingerprint density at radius 1 is 1.16 bits per heavy atom. The molecule has 0 radical (unpaired) electrons. The van der Waals surface area contributed by atoms with Gasteiger partial charge in [-0.2, -0.15) is 0 Å². The van der Waals surface area contributed by atoms with Crippen LogP contribution >= 0.6 is 0 Å². The van der Waals surface area contributed by atoms with Gasteiger partial charge in [-0.3, -0.25) is 4.90 Å². The van der Waals surface area contributed by atoms with Crippen LogP contribution in [-0.2, 0) is 4.74 Å². The Kier molecular flexibility index (Phi) is 9.03. The van der Waals surface area contributed by atoms with Crippen molar-refractivity contribution in [2.45, 2.75) is 26.9 Å². The number of ether oxygens (including phenoxy) is 2. The maximum absolute atomic E-state index is 11.7. The third kappa shape index (κ3) is 7.10. The zero-order valence-electron chi connectivity index (χ0n) is 15.2. The summed E-state index contributed by atoms with van der Waals surface area (Å²) in [5, 5.41) is 10.2. The van der Waals surface area contributed by atoms with Crippen molar-refractivity contribution in [3.05, 3.63) is 29.3 Å². The van der Waals surface area contributed by atoms with Crippen LogP contribution in [0.4, 0.5) is 4.79 Å². The zero-order chi connectivity index (χ0) is 17.5. The first-order valence-corrected chi connectivity index (χ1v) is 8.51. The van der Waals surface area contributed by atoms with Crippen LogP contribution in [0.1, 0.15) is 18.1 Å². The molecule has 0 bridgehead atoms. The van der Waals surface area contributed by atoms with Crippen molar-refractivity contribution in [2.75, 3.05) is 45.9 Å². The van der Waals surface area contributed by atoms with Crippen LogP contribution < -0.4 is 17.1 Å². The topological polar surface area (TPSA) is 62.2 Å². The number of benzene rings is 1. The predicted octanol–water partition coefficient (Wildman–Crippen LogP) is -1.18. The van der Waals surface area contributed by atoms with Crippen molar-refractivity contribution >= 4 is 6.09 Å². The SMILES string of the molecule is CCOC(=O)N1CCN(CC(O)COc2cc(C)cc(C)c2)CC1.[Cl-]. The van der Waals surface area contributed by atoms with E-state index in [0.717, 1.165) is 30.0 Å². The Hall–Kier alpha value is -1.50. The van der Waals surface area contributed by atoms with Gasteiger partial charge in [0.05, 0.1) is 6.61 Å². The molecular weight excluding hydrogens is 344 g/mol. The van der Waals surface area contributed by atoms with Crippen molar-refractivity contribution in [3.8, 4) is 5.75 Å². The second-order valence-electron chi connectivity index (χ2n) is 6.27. The molecule has 1 aliphatic heterocycles. The number of rotatable bonds is 6. The number of carbonyl (C=O) groups excluding carboxylic acids is 1. The molecule has 1 aromatic carbocycles. The van der Waals surface area contributed by atoms with Crippen molar-refractivity contribution in [1.82, 2.24) is 9.80 Å². The second kappa shape index (κ2) is 10.5. The first-order chi connectivity index (χ1) is 11.5. The molecule has 0 saturated carbocycles. The summed E-state index contributed by atoms with van der Waals surface area (Å²) in [6, 6.07) is 6.03. The van der Waals surface area contributed by atoms with E-state index in [4.69, 9.17) is 9.47 Å². The van der Waals surface area contributed by atoms with E-state index >= 15 is 0 Å². The Bertz CT molecular complexity index is 528. The molecule has 1 unspecified atom stereocenters. The largest absolute Gasteiger partial charge is 1.00 e. The number of piperazine rings is 1. The zero-order valence-corrected chi connectivity index (χ0v) is 16.0. The molecular formula is C18H28ClN2O4-. The number of nitrogens with zero attached hydrogens (tertiary/aromatic N) is 2. The van der Waals surface area contributed by atoms with Crippen LogP contribution in [0.3, 0.4) is 0 Å². The van der Waals surface area contributed by atoms with Gasteiger partial charge >= 0.3 is 6.09 Å². The minimum Gasteiger partial charge on any atom is -1.00 e. The number of hydrogen-bond acceptors (Lipinski definition) is 5. The maximum atomic E-state index is 11.7. The van der Waals surface area contributed by atoms with Gasteiger partial charge in [0.1, 0.15) is 18.5 Å². The third-order valence-electron chi connectivity index (χ3n) is 4.00. The van der Waals surface area contributed by atoms with Gasteiger partial charge in [-0.25, -0.2) is 4.79 Å². The number of hydrogen-bond donors (Lipinski definition) is 1. The first kappa shape index (κ1) is 21.5. The quantitative estimate of drug-likeness (QED) is 0.682. The van der Waals surface area contributed by atoms with Crippen LogP contribution in [-0.4, -0.2) is 73.0 Å². The van der Waals surface area contributed by atoms with E-state index in [9.17, 15) is 9.90 Å². The number of aliphatic hydroxyl groups is 1. The van der Waals surface area contributed by atoms with Gasteiger partial charge in [-0.15, -0.1) is 0 Å². The fourth-order valence-corrected chi connectivity index (χ4v) is 2.89. The highest BCUT2D eigenvalue weighted by atomic mass is 35.5. The molecule has 1 saturated heterocycles. The Labute approximate surface area is 156 Å². The number of halogens is 1. The minimum absolute atomic E-state index is 0. The van der Waals surface area contributed by atoms with Gasteiger partial charge in [-0.05, 0) is 44.0 Å². The molecule has 142 valence electrons. The molecule has 2 rings (SSSR count). The summed E-state index contributed by atoms with van der Waals surface area (Å²) >= 11 is 0. The predicted molar refractivity (Wildman–Crippen MR) is 92.5 cm³/mol. The minimum atomic E-state index is -0.556. The lowest BCUT2D eigenvalue weighted by molar-refractivity contribution is -0.0000193. The van der Waals surface area contributed by atoms with E-state index in [0.29, 0.717) is 26.2 Å². The number of β-amino-alcohol motifs (C(OH)–C–C–N with tert-alkyl or cyclic N) is 1. The average molecular weight is 372 g/mol. The molecule has 1 aromatic rings. The summed E-state index contributed by atoms with van der Waals surface area (Å²) in [5.41, 5.74) is 2.30. The van der Waals surface area contributed by atoms with E-state index in [2.05, 4.69) is 11.0 Å². The Balaban J connectivity index is 0.00000312. The number of aryl methyl sites for hydroxylation is 2. The smallest absolute Gasteiger partial charge is 0.409 e. The van der Waals surface area contributed by atoms with E-state index < -0.39 is 6.10 Å². The summed E-state index contributed by atoms with van der Waals surface area (Å²) in [7, 11) is 0. The molecule has 0 aliphatic carbocycles. The van der Waals surface area contributed by atoms with Crippen molar-refractivity contribution < 1.29 is 31.8 Å². The van der Waals surface area contributed by atoms with Gasteiger partial charge in [0, 0.05) is 32.7 Å². The highest BCUT2D eigenvalue weighted by molar-refractivity contribution is 5.67. The van der Waals surface area contributed by atoms with Crippen LogP contribution in [0.5, 0.6) is 5.75 Å². The number of carbonyl (C=O) groups is 1. The normalized spacial score (nSPS) is 16.1. The molecule has 6 nitrogen and oxygen atoms in total. The van der Waals surface area contributed by atoms with Crippen molar-refractivity contribution in [3.63, 3.8) is 0 Å². The summed E-state index contributed by atoms with van der Waals surface area (Å²) in [6.45, 7) is 9.79. The highest BCUT2D eigenvalue weighted by Crippen LogP contribution is 2.16. The molecule has 1 heterocycles. The molecule has 1 amide bonds. The van der Waals surface area contributed by atoms with Crippen molar-refractivity contribution in [2.24, 2.45) is 0 Å². The Morgan fingerprint density at radius 2 is 1.76 bits per heavy atom. The number of amides is 1. The van der Waals surface area contributed by atoms with E-state index in [1.807, 2.05) is 26.0 Å². The van der Waals surface area contributed by atoms with Gasteiger partial charge in [0.2, 0.25) is 0 Å². The average Bonchev–Trinajstić information content (AvgIpc) is 2.53. The van der Waals surface area contributed by atoms with Crippen LogP contribution in [0.25, 0.3) is 0 Å². The molecule has 1 N–H and O–H groups in total. The standard InChI is InChI=1S/C18H28N2O4.ClH/c1-4-23-18(22)20-7-5-19(6-8-20)12-16(21)13-24-17-10-14(2)9-15(3)11-17;/h9-11,16,21H,4-8,12-13H2,1-3H3;1H/p-1. The molecule has 7 heteroatoms. The second-order valence-corrected chi connectivity index (χ2v) is 6.27. The third-order valence-corrected chi connectivity index (χ3v) is 4.00. The first-order valence-electron chi connectivity index (χ1n) is 8.51. The molecule has 0 spiro atoms. The molecule has 1 aliphatic rings. The summed E-state index contributed by atoms with van der Waals surface area (Å²) in [4.78, 5) is 15.5. The lowest BCUT2D eigenvalue weighted by atomic mass is 10.1. The van der Waals surface area contributed by atoms with Gasteiger partial charge in [-0.1, -0.05) is 6.07 Å². The lowest BCUT2D eigenvalue weighted by Gasteiger charge is -2.34. The monoisotopic (exact) mass is 371 g/mol. The fraction of sp³-hybridized carbons (Fsp3) is 0.611. The maximum Gasteiger partial charge on any atom is 0.409 e. The number of aliphatic hydroxyl groups excluding tert-OH is 1. The van der Waals surface area contributed by atoms with E-state index in [1.54, 1.807) is 11.8 Å². The summed E-state index contributed by atoms with van der Waals surface area (Å²) in [6.07, 6.45) is -0.809. The molecule has 0 aromatic heterocycles. The lowest BCUT2D eigenvalue weighted by Crippen LogP contribution is -3.00. The van der Waals surface area contributed by atoms with Crippen LogP contribution in [0.15, 0.2) is 18.2 Å². The summed E-state index contributed by atoms with van der Waals surface area (Å²) < 4.78 is 10.7. The van der Waals surface area contributed by atoms with E-state index in [1.165, 1.54) is 0 Å². The molecule has 1 atom stereocenters. The molecule has 1 fully saturated rings. The van der Waals surface area contributed by atoms with Crippen LogP contribution in [0.2, 0.25) is 0 Å². The van der Waals surface area contributed by atoms with Gasteiger partial charge < -0.3 is 31.9 Å². The summed E-state index contributed by atoms with van der Waals surface area (Å²) in [5.74, 6) is 0.790. The fourth-order valence-electron chi connectivity index (χ4n) is 2.89. The van der Waals surface area contributed by atoms with Crippen molar-refractivity contribution in [1.29, 1.82) is 0 Å². The Morgan fingerprint density at radius 3 is 2.32 bits per heavy atom. The van der Waals surface area contributed by atoms with Gasteiger partial charge in [0.15, 0.2) is 0 Å². The highest BCUT2D eigenvalue weighted by Gasteiger charge is 2.23.